The standard InChI is InChI=1S/C17H23N3O3S/c1-6-22-13-9-7-12(8-10-13)15-18-19-17(23-15)24-14(11(2)3)16(21)20(4)5/h7-11,14H,6H2,1-5H3. The van der Waals surface area contributed by atoms with E-state index in [0.717, 1.165) is 11.3 Å². The molecule has 0 saturated heterocycles. The largest absolute Gasteiger partial charge is 0.494 e. The van der Waals surface area contributed by atoms with E-state index in [1.165, 1.54) is 11.8 Å². The molecule has 0 aliphatic rings. The van der Waals surface area contributed by atoms with Gasteiger partial charge in [-0.25, -0.2) is 0 Å². The summed E-state index contributed by atoms with van der Waals surface area (Å²) in [5.41, 5.74) is 0.817. The van der Waals surface area contributed by atoms with Gasteiger partial charge in [0.1, 0.15) is 5.75 Å². The molecule has 1 unspecified atom stereocenters. The molecule has 0 aliphatic carbocycles. The third-order valence-electron chi connectivity index (χ3n) is 3.34. The lowest BCUT2D eigenvalue weighted by atomic mass is 10.1. The molecular formula is C17H23N3O3S. The first-order valence-corrected chi connectivity index (χ1v) is 8.75. The summed E-state index contributed by atoms with van der Waals surface area (Å²) in [6.07, 6.45) is 0. The zero-order chi connectivity index (χ0) is 17.7. The second-order valence-electron chi connectivity index (χ2n) is 5.85. The van der Waals surface area contributed by atoms with Gasteiger partial charge in [0.2, 0.25) is 11.8 Å². The minimum atomic E-state index is -0.256. The van der Waals surface area contributed by atoms with Crippen LogP contribution in [-0.2, 0) is 4.79 Å². The number of hydrogen-bond donors (Lipinski definition) is 0. The molecule has 0 N–H and O–H groups in total. The molecular weight excluding hydrogens is 326 g/mol. The van der Waals surface area contributed by atoms with E-state index in [1.807, 2.05) is 45.0 Å². The number of carbonyl (C=O) groups is 1. The predicted octanol–water partition coefficient (Wildman–Crippen LogP) is 3.34. The average Bonchev–Trinajstić information content (AvgIpc) is 3.01. The molecule has 0 fully saturated rings. The highest BCUT2D eigenvalue weighted by molar-refractivity contribution is 8.00. The molecule has 0 saturated carbocycles. The summed E-state index contributed by atoms with van der Waals surface area (Å²) >= 11 is 1.30. The fraction of sp³-hybridized carbons (Fsp3) is 0.471. The summed E-state index contributed by atoms with van der Waals surface area (Å²) < 4.78 is 11.1. The molecule has 6 nitrogen and oxygen atoms in total. The third-order valence-corrected chi connectivity index (χ3v) is 4.70. The van der Waals surface area contributed by atoms with E-state index in [0.29, 0.717) is 17.7 Å². The lowest BCUT2D eigenvalue weighted by Gasteiger charge is -2.21. The van der Waals surface area contributed by atoms with E-state index in [9.17, 15) is 4.79 Å². The zero-order valence-electron chi connectivity index (χ0n) is 14.6. The highest BCUT2D eigenvalue weighted by Gasteiger charge is 2.27. The number of benzene rings is 1. The van der Waals surface area contributed by atoms with Crippen molar-refractivity contribution in [3.8, 4) is 17.2 Å². The fourth-order valence-electron chi connectivity index (χ4n) is 2.07. The van der Waals surface area contributed by atoms with Gasteiger partial charge in [-0.1, -0.05) is 25.6 Å². The normalized spacial score (nSPS) is 12.2. The number of thioether (sulfide) groups is 1. The summed E-state index contributed by atoms with van der Waals surface area (Å²) in [7, 11) is 3.49. The van der Waals surface area contributed by atoms with Crippen LogP contribution in [0.4, 0.5) is 0 Å². The van der Waals surface area contributed by atoms with Gasteiger partial charge >= 0.3 is 0 Å². The van der Waals surface area contributed by atoms with Gasteiger partial charge in [0, 0.05) is 19.7 Å². The maximum Gasteiger partial charge on any atom is 0.277 e. The van der Waals surface area contributed by atoms with Crippen molar-refractivity contribution in [1.29, 1.82) is 0 Å². The molecule has 1 atom stereocenters. The van der Waals surface area contributed by atoms with Crippen molar-refractivity contribution in [1.82, 2.24) is 15.1 Å². The van der Waals surface area contributed by atoms with Crippen molar-refractivity contribution in [2.24, 2.45) is 5.92 Å². The SMILES string of the molecule is CCOc1ccc(-c2nnc(SC(C(=O)N(C)C)C(C)C)o2)cc1. The molecule has 24 heavy (non-hydrogen) atoms. The van der Waals surface area contributed by atoms with E-state index in [-0.39, 0.29) is 17.1 Å². The molecule has 2 rings (SSSR count). The molecule has 1 amide bonds. The summed E-state index contributed by atoms with van der Waals surface area (Å²) in [5, 5.41) is 8.28. The molecule has 0 spiro atoms. The van der Waals surface area contributed by atoms with Gasteiger partial charge in [-0.2, -0.15) is 0 Å². The Morgan fingerprint density at radius 2 is 1.92 bits per heavy atom. The smallest absolute Gasteiger partial charge is 0.277 e. The van der Waals surface area contributed by atoms with Crippen LogP contribution in [0.15, 0.2) is 33.9 Å². The summed E-state index contributed by atoms with van der Waals surface area (Å²) in [6, 6.07) is 7.47. The first-order chi connectivity index (χ1) is 11.4. The van der Waals surface area contributed by atoms with Gasteiger partial charge in [0.15, 0.2) is 0 Å². The zero-order valence-corrected chi connectivity index (χ0v) is 15.5. The lowest BCUT2D eigenvalue weighted by molar-refractivity contribution is -0.128. The molecule has 2 aromatic rings. The number of aromatic nitrogens is 2. The number of amides is 1. The van der Waals surface area contributed by atoms with Crippen LogP contribution >= 0.6 is 11.8 Å². The van der Waals surface area contributed by atoms with Gasteiger partial charge in [-0.05, 0) is 37.1 Å². The van der Waals surface area contributed by atoms with Crippen LogP contribution in [0.3, 0.4) is 0 Å². The van der Waals surface area contributed by atoms with Crippen molar-refractivity contribution >= 4 is 17.7 Å². The molecule has 7 heteroatoms. The van der Waals surface area contributed by atoms with Crippen LogP contribution in [0.5, 0.6) is 5.75 Å². The lowest BCUT2D eigenvalue weighted by Crippen LogP contribution is -2.34. The van der Waals surface area contributed by atoms with Gasteiger partial charge in [0.25, 0.3) is 5.22 Å². The number of hydrogen-bond acceptors (Lipinski definition) is 6. The Morgan fingerprint density at radius 3 is 2.46 bits per heavy atom. The molecule has 130 valence electrons. The van der Waals surface area contributed by atoms with Crippen molar-refractivity contribution < 1.29 is 13.9 Å². The van der Waals surface area contributed by atoms with E-state index in [4.69, 9.17) is 9.15 Å². The molecule has 0 radical (unpaired) electrons. The third kappa shape index (κ3) is 4.50. The Balaban J connectivity index is 2.13. The van der Waals surface area contributed by atoms with Crippen molar-refractivity contribution in [2.45, 2.75) is 31.2 Å². The van der Waals surface area contributed by atoms with E-state index < -0.39 is 0 Å². The van der Waals surface area contributed by atoms with Crippen LogP contribution in [0, 0.1) is 5.92 Å². The number of rotatable bonds is 7. The maximum absolute atomic E-state index is 12.3. The summed E-state index contributed by atoms with van der Waals surface area (Å²) in [6.45, 7) is 6.57. The Morgan fingerprint density at radius 1 is 1.25 bits per heavy atom. The van der Waals surface area contributed by atoms with E-state index in [1.54, 1.807) is 19.0 Å². The number of carbonyl (C=O) groups excluding carboxylic acids is 1. The topological polar surface area (TPSA) is 68.5 Å². The van der Waals surface area contributed by atoms with Gasteiger partial charge in [0.05, 0.1) is 11.9 Å². The van der Waals surface area contributed by atoms with Crippen molar-refractivity contribution in [3.63, 3.8) is 0 Å². The van der Waals surface area contributed by atoms with Crippen molar-refractivity contribution in [3.05, 3.63) is 24.3 Å². The summed E-state index contributed by atoms with van der Waals surface area (Å²) in [5.74, 6) is 1.42. The van der Waals surface area contributed by atoms with Gasteiger partial charge < -0.3 is 14.1 Å². The Hall–Kier alpha value is -2.02. The minimum absolute atomic E-state index is 0.0378. The highest BCUT2D eigenvalue weighted by atomic mass is 32.2. The fourth-order valence-corrected chi connectivity index (χ4v) is 3.09. The molecule has 1 aromatic heterocycles. The number of nitrogens with zero attached hydrogens (tertiary/aromatic N) is 3. The van der Waals surface area contributed by atoms with Crippen molar-refractivity contribution in [2.75, 3.05) is 20.7 Å². The monoisotopic (exact) mass is 349 g/mol. The molecule has 0 aliphatic heterocycles. The van der Waals surface area contributed by atoms with Gasteiger partial charge in [-0.3, -0.25) is 4.79 Å². The predicted molar refractivity (Wildman–Crippen MR) is 94.1 cm³/mol. The average molecular weight is 349 g/mol. The Bertz CT molecular complexity index is 668. The van der Waals surface area contributed by atoms with E-state index in [2.05, 4.69) is 10.2 Å². The highest BCUT2D eigenvalue weighted by Crippen LogP contribution is 2.31. The first-order valence-electron chi connectivity index (χ1n) is 7.87. The summed E-state index contributed by atoms with van der Waals surface area (Å²) in [4.78, 5) is 13.9. The Kier molecular flexibility index (Phi) is 6.25. The molecule has 0 bridgehead atoms. The van der Waals surface area contributed by atoms with Crippen LogP contribution in [0.2, 0.25) is 0 Å². The minimum Gasteiger partial charge on any atom is -0.494 e. The second-order valence-corrected chi connectivity index (χ2v) is 6.94. The molecule has 1 heterocycles. The maximum atomic E-state index is 12.3. The molecule has 1 aromatic carbocycles. The van der Waals surface area contributed by atoms with Crippen LogP contribution in [0.25, 0.3) is 11.5 Å². The quantitative estimate of drug-likeness (QED) is 0.714. The first kappa shape index (κ1) is 18.3. The second kappa shape index (κ2) is 8.19. The van der Waals surface area contributed by atoms with Crippen LogP contribution in [0.1, 0.15) is 20.8 Å². The van der Waals surface area contributed by atoms with Crippen LogP contribution in [-0.4, -0.2) is 47.0 Å². The van der Waals surface area contributed by atoms with E-state index >= 15 is 0 Å². The Labute approximate surface area is 146 Å². The number of ether oxygens (including phenoxy) is 1. The van der Waals surface area contributed by atoms with Gasteiger partial charge in [-0.15, -0.1) is 10.2 Å². The van der Waals surface area contributed by atoms with Crippen LogP contribution < -0.4 is 4.74 Å².